The third kappa shape index (κ3) is 1.37. The zero-order valence-corrected chi connectivity index (χ0v) is 8.04. The Bertz CT molecular complexity index is 468. The summed E-state index contributed by atoms with van der Waals surface area (Å²) < 4.78 is 12.9. The Morgan fingerprint density at radius 2 is 2.00 bits per heavy atom. The molecule has 0 radical (unpaired) electrons. The predicted octanol–water partition coefficient (Wildman–Crippen LogP) is 1.82. The van der Waals surface area contributed by atoms with Crippen molar-refractivity contribution in [3.05, 3.63) is 34.5 Å². The summed E-state index contributed by atoms with van der Waals surface area (Å²) in [6.45, 7) is 0. The summed E-state index contributed by atoms with van der Waals surface area (Å²) in [6.07, 6.45) is 8.37. The van der Waals surface area contributed by atoms with Gasteiger partial charge in [-0.25, -0.2) is 4.39 Å². The van der Waals surface area contributed by atoms with E-state index in [1.165, 1.54) is 18.1 Å². The second-order valence-electron chi connectivity index (χ2n) is 4.38. The van der Waals surface area contributed by atoms with Gasteiger partial charge in [0.05, 0.1) is 0 Å². The zero-order valence-electron chi connectivity index (χ0n) is 8.04. The minimum Gasteiger partial charge on any atom is -0.207 e. The van der Waals surface area contributed by atoms with Gasteiger partial charge >= 0.3 is 0 Å². The molecule has 1 atom stereocenters. The van der Waals surface area contributed by atoms with Crippen molar-refractivity contribution in [2.75, 3.05) is 0 Å². The number of rotatable bonds is 1. The first-order chi connectivity index (χ1) is 6.83. The van der Waals surface area contributed by atoms with Crippen LogP contribution < -0.4 is 10.4 Å². The summed E-state index contributed by atoms with van der Waals surface area (Å²) >= 11 is 0. The molecule has 14 heavy (non-hydrogen) atoms. The fraction of sp³-hybridized carbons (Fsp3) is 0.385. The van der Waals surface area contributed by atoms with Crippen LogP contribution in [0.2, 0.25) is 0 Å². The molecular weight excluding hydrogens is 175 g/mol. The Balaban J connectivity index is 2.09. The Labute approximate surface area is 82.8 Å². The highest BCUT2D eigenvalue weighted by Crippen LogP contribution is 2.39. The maximum absolute atomic E-state index is 12.9. The molecule has 0 aromatic heterocycles. The third-order valence-corrected chi connectivity index (χ3v) is 3.28. The molecule has 1 unspecified atom stereocenters. The van der Waals surface area contributed by atoms with Crippen molar-refractivity contribution in [3.8, 4) is 0 Å². The van der Waals surface area contributed by atoms with Crippen molar-refractivity contribution < 1.29 is 4.39 Å². The average Bonchev–Trinajstić information content (AvgIpc) is 3.00. The molecule has 3 rings (SSSR count). The fourth-order valence-corrected chi connectivity index (χ4v) is 2.29. The molecule has 0 saturated heterocycles. The largest absolute Gasteiger partial charge is 0.207 e. The van der Waals surface area contributed by atoms with Crippen LogP contribution in [-0.4, -0.2) is 0 Å². The number of benzene rings is 1. The van der Waals surface area contributed by atoms with E-state index in [4.69, 9.17) is 0 Å². The number of hydrogen-bond donors (Lipinski definition) is 0. The monoisotopic (exact) mass is 188 g/mol. The first-order valence-corrected chi connectivity index (χ1v) is 5.30. The van der Waals surface area contributed by atoms with Crippen LogP contribution in [0, 0.1) is 17.7 Å². The van der Waals surface area contributed by atoms with E-state index in [0.29, 0.717) is 5.92 Å². The highest BCUT2D eigenvalue weighted by molar-refractivity contribution is 5.41. The van der Waals surface area contributed by atoms with E-state index >= 15 is 0 Å². The maximum Gasteiger partial charge on any atom is 0.123 e. The molecule has 0 aliphatic heterocycles. The second-order valence-corrected chi connectivity index (χ2v) is 4.38. The van der Waals surface area contributed by atoms with Gasteiger partial charge in [0.25, 0.3) is 0 Å². The molecule has 0 nitrogen and oxygen atoms in total. The molecule has 1 aromatic carbocycles. The number of hydrogen-bond acceptors (Lipinski definition) is 0. The fourth-order valence-electron chi connectivity index (χ4n) is 2.29. The van der Waals surface area contributed by atoms with E-state index in [1.807, 2.05) is 6.07 Å². The number of fused-ring (bicyclic) bond motifs is 1. The van der Waals surface area contributed by atoms with Gasteiger partial charge in [-0.3, -0.25) is 0 Å². The van der Waals surface area contributed by atoms with Crippen LogP contribution in [0.1, 0.15) is 19.3 Å². The van der Waals surface area contributed by atoms with Crippen molar-refractivity contribution >= 4 is 12.2 Å². The van der Waals surface area contributed by atoms with E-state index < -0.39 is 0 Å². The van der Waals surface area contributed by atoms with E-state index in [2.05, 4.69) is 12.2 Å². The molecular formula is C13H13F. The van der Waals surface area contributed by atoms with Gasteiger partial charge in [0, 0.05) is 0 Å². The van der Waals surface area contributed by atoms with Crippen LogP contribution in [-0.2, 0) is 0 Å². The Morgan fingerprint density at radius 3 is 2.79 bits per heavy atom. The molecule has 1 aromatic rings. The minimum absolute atomic E-state index is 0.127. The van der Waals surface area contributed by atoms with Crippen LogP contribution in [0.4, 0.5) is 4.39 Å². The topological polar surface area (TPSA) is 0 Å². The van der Waals surface area contributed by atoms with Crippen molar-refractivity contribution in [2.45, 2.75) is 19.3 Å². The van der Waals surface area contributed by atoms with Crippen molar-refractivity contribution in [1.82, 2.24) is 0 Å². The Morgan fingerprint density at radius 1 is 1.14 bits per heavy atom. The first-order valence-electron chi connectivity index (χ1n) is 5.30. The molecule has 0 N–H and O–H groups in total. The first kappa shape index (κ1) is 8.22. The molecule has 0 bridgehead atoms. The van der Waals surface area contributed by atoms with E-state index in [0.717, 1.165) is 17.6 Å². The van der Waals surface area contributed by atoms with Gasteiger partial charge in [0.1, 0.15) is 5.82 Å². The van der Waals surface area contributed by atoms with E-state index in [9.17, 15) is 4.39 Å². The van der Waals surface area contributed by atoms with Crippen LogP contribution in [0.3, 0.4) is 0 Å². The lowest BCUT2D eigenvalue weighted by Crippen LogP contribution is -2.29. The van der Waals surface area contributed by atoms with E-state index in [1.54, 1.807) is 12.1 Å². The summed E-state index contributed by atoms with van der Waals surface area (Å²) in [5.41, 5.74) is 0. The normalized spacial score (nSPS) is 24.8. The minimum atomic E-state index is -0.127. The van der Waals surface area contributed by atoms with Crippen LogP contribution >= 0.6 is 0 Å². The SMILES string of the molecule is Fc1ccc2c(c1)=CCC(C1CC1)C=2. The molecule has 0 spiro atoms. The highest BCUT2D eigenvalue weighted by Gasteiger charge is 2.29. The molecule has 2 aliphatic carbocycles. The van der Waals surface area contributed by atoms with Crippen molar-refractivity contribution in [3.63, 3.8) is 0 Å². The van der Waals surface area contributed by atoms with Gasteiger partial charge in [0.15, 0.2) is 0 Å². The van der Waals surface area contributed by atoms with Crippen LogP contribution in [0.25, 0.3) is 12.2 Å². The molecule has 2 aliphatic rings. The standard InChI is InChI=1S/C13H13F/c14-13-6-5-11-7-10(9-1-2-9)3-4-12(11)8-13/h4-10H,1-3H2. The van der Waals surface area contributed by atoms with Gasteiger partial charge in [-0.05, 0) is 53.7 Å². The summed E-state index contributed by atoms with van der Waals surface area (Å²) in [6, 6.07) is 5.09. The van der Waals surface area contributed by atoms with Gasteiger partial charge in [-0.2, -0.15) is 0 Å². The Hall–Kier alpha value is -1.11. The second kappa shape index (κ2) is 2.94. The molecule has 72 valence electrons. The molecule has 1 heteroatoms. The van der Waals surface area contributed by atoms with Gasteiger partial charge in [-0.15, -0.1) is 0 Å². The summed E-state index contributed by atoms with van der Waals surface area (Å²) in [5.74, 6) is 1.50. The summed E-state index contributed by atoms with van der Waals surface area (Å²) in [5, 5.41) is 2.29. The lowest BCUT2D eigenvalue weighted by Gasteiger charge is -2.12. The molecule has 0 amide bonds. The smallest absolute Gasteiger partial charge is 0.123 e. The van der Waals surface area contributed by atoms with Crippen LogP contribution in [0.5, 0.6) is 0 Å². The van der Waals surface area contributed by atoms with Gasteiger partial charge in [0.2, 0.25) is 0 Å². The highest BCUT2D eigenvalue weighted by atomic mass is 19.1. The number of halogens is 1. The third-order valence-electron chi connectivity index (χ3n) is 3.28. The van der Waals surface area contributed by atoms with Gasteiger partial charge in [-0.1, -0.05) is 18.2 Å². The Kier molecular flexibility index (Phi) is 1.73. The van der Waals surface area contributed by atoms with Crippen LogP contribution in [0.15, 0.2) is 18.2 Å². The average molecular weight is 188 g/mol. The lowest BCUT2D eigenvalue weighted by atomic mass is 9.93. The van der Waals surface area contributed by atoms with Gasteiger partial charge < -0.3 is 0 Å². The molecule has 1 fully saturated rings. The van der Waals surface area contributed by atoms with E-state index in [-0.39, 0.29) is 5.82 Å². The molecule has 1 saturated carbocycles. The predicted molar refractivity (Wildman–Crippen MR) is 55.4 cm³/mol. The summed E-state index contributed by atoms with van der Waals surface area (Å²) in [7, 11) is 0. The summed E-state index contributed by atoms with van der Waals surface area (Å²) in [4.78, 5) is 0. The lowest BCUT2D eigenvalue weighted by molar-refractivity contribution is 0.611. The quantitative estimate of drug-likeness (QED) is 0.630. The zero-order chi connectivity index (χ0) is 9.54. The van der Waals surface area contributed by atoms with Crippen molar-refractivity contribution in [1.29, 1.82) is 0 Å². The maximum atomic E-state index is 12.9. The molecule has 0 heterocycles. The van der Waals surface area contributed by atoms with Crippen molar-refractivity contribution in [2.24, 2.45) is 11.8 Å².